The molecule has 1 aliphatic heterocycles. The van der Waals surface area contributed by atoms with E-state index in [-0.39, 0.29) is 33.8 Å². The summed E-state index contributed by atoms with van der Waals surface area (Å²) in [5, 5.41) is 25.0. The van der Waals surface area contributed by atoms with Crippen molar-refractivity contribution in [2.75, 3.05) is 4.90 Å². The summed E-state index contributed by atoms with van der Waals surface area (Å²) in [5.74, 6) is -0.222. The van der Waals surface area contributed by atoms with Gasteiger partial charge in [0.1, 0.15) is 11.5 Å². The average Bonchev–Trinajstić information content (AvgIpc) is 2.84. The van der Waals surface area contributed by atoms with Crippen LogP contribution in [0.5, 0.6) is 5.75 Å². The SMILES string of the molecule is N#Cc1ccc(C2(O)C(c3cccc(C(F)(F)F)c3)=NNC(=O)N2c2ccc(OC(F)F)cc2)cc1. The van der Waals surface area contributed by atoms with E-state index in [1.54, 1.807) is 0 Å². The first-order chi connectivity index (χ1) is 17.0. The lowest BCUT2D eigenvalue weighted by atomic mass is 9.89. The third-order valence-corrected chi connectivity index (χ3v) is 5.32. The van der Waals surface area contributed by atoms with Gasteiger partial charge in [-0.05, 0) is 48.5 Å². The zero-order chi connectivity index (χ0) is 26.1. The third kappa shape index (κ3) is 4.56. The van der Waals surface area contributed by atoms with Gasteiger partial charge in [-0.3, -0.25) is 4.90 Å². The highest BCUT2D eigenvalue weighted by atomic mass is 19.4. The van der Waals surface area contributed by atoms with Crippen molar-refractivity contribution in [1.29, 1.82) is 5.26 Å². The predicted octanol–water partition coefficient (Wildman–Crippen LogP) is 4.96. The number of nitriles is 1. The number of amides is 2. The highest BCUT2D eigenvalue weighted by Crippen LogP contribution is 2.39. The number of alkyl halides is 5. The number of hydrogen-bond donors (Lipinski definition) is 2. The van der Waals surface area contributed by atoms with E-state index in [0.29, 0.717) is 0 Å². The zero-order valence-electron chi connectivity index (χ0n) is 18.0. The van der Waals surface area contributed by atoms with E-state index in [2.05, 4.69) is 15.3 Å². The van der Waals surface area contributed by atoms with Crippen molar-refractivity contribution in [3.63, 3.8) is 0 Å². The molecule has 1 aliphatic rings. The molecule has 7 nitrogen and oxygen atoms in total. The van der Waals surface area contributed by atoms with E-state index < -0.39 is 30.1 Å². The van der Waals surface area contributed by atoms with E-state index in [9.17, 15) is 31.9 Å². The van der Waals surface area contributed by atoms with Gasteiger partial charge in [-0.15, -0.1) is 0 Å². The summed E-state index contributed by atoms with van der Waals surface area (Å²) in [6, 6.07) is 15.0. The molecule has 184 valence electrons. The number of anilines is 1. The minimum absolute atomic E-state index is 0.000388. The van der Waals surface area contributed by atoms with Gasteiger partial charge in [-0.2, -0.15) is 32.3 Å². The Balaban J connectivity index is 1.90. The van der Waals surface area contributed by atoms with Gasteiger partial charge in [-0.25, -0.2) is 10.2 Å². The second-order valence-electron chi connectivity index (χ2n) is 7.53. The molecule has 2 N–H and O–H groups in total. The highest BCUT2D eigenvalue weighted by molar-refractivity contribution is 6.15. The first-order valence-corrected chi connectivity index (χ1v) is 10.2. The van der Waals surface area contributed by atoms with Crippen LogP contribution in [0.4, 0.5) is 32.4 Å². The number of ether oxygens (including phenoxy) is 1. The Kier molecular flexibility index (Phi) is 6.34. The van der Waals surface area contributed by atoms with Gasteiger partial charge < -0.3 is 9.84 Å². The van der Waals surface area contributed by atoms with Crippen LogP contribution in [0.3, 0.4) is 0 Å². The Hall–Kier alpha value is -4.50. The van der Waals surface area contributed by atoms with Gasteiger partial charge in [0.05, 0.1) is 17.2 Å². The lowest BCUT2D eigenvalue weighted by molar-refractivity contribution is -0.137. The molecule has 0 fully saturated rings. The number of benzene rings is 3. The highest BCUT2D eigenvalue weighted by Gasteiger charge is 2.49. The number of hydrogen-bond acceptors (Lipinski definition) is 5. The van der Waals surface area contributed by atoms with Crippen LogP contribution in [-0.2, 0) is 11.9 Å². The van der Waals surface area contributed by atoms with Gasteiger partial charge in [0.25, 0.3) is 0 Å². The van der Waals surface area contributed by atoms with Crippen LogP contribution in [0.2, 0.25) is 0 Å². The number of halogens is 5. The topological polar surface area (TPSA) is 97.9 Å². The average molecular weight is 502 g/mol. The number of rotatable bonds is 5. The molecule has 1 heterocycles. The van der Waals surface area contributed by atoms with E-state index in [0.717, 1.165) is 35.2 Å². The molecular weight excluding hydrogens is 487 g/mol. The van der Waals surface area contributed by atoms with Crippen molar-refractivity contribution >= 4 is 17.4 Å². The monoisotopic (exact) mass is 502 g/mol. The van der Waals surface area contributed by atoms with Crippen molar-refractivity contribution in [3.05, 3.63) is 95.1 Å². The molecule has 0 saturated carbocycles. The number of aliphatic hydroxyl groups is 1. The molecule has 12 heteroatoms. The number of carbonyl (C=O) groups is 1. The maximum atomic E-state index is 13.4. The number of urea groups is 1. The zero-order valence-corrected chi connectivity index (χ0v) is 18.0. The van der Waals surface area contributed by atoms with Crippen LogP contribution in [0.25, 0.3) is 0 Å². The van der Waals surface area contributed by atoms with Crippen LogP contribution in [0, 0.1) is 11.3 Å². The molecule has 3 aromatic carbocycles. The van der Waals surface area contributed by atoms with Crippen molar-refractivity contribution in [3.8, 4) is 11.8 Å². The van der Waals surface area contributed by atoms with E-state index in [1.165, 1.54) is 42.5 Å². The maximum absolute atomic E-state index is 13.4. The summed E-state index contributed by atoms with van der Waals surface area (Å²) in [6.45, 7) is -3.09. The summed E-state index contributed by atoms with van der Waals surface area (Å²) in [4.78, 5) is 13.7. The first-order valence-electron chi connectivity index (χ1n) is 10.2. The van der Waals surface area contributed by atoms with Crippen molar-refractivity contribution < 1.29 is 36.6 Å². The molecule has 0 saturated heterocycles. The minimum atomic E-state index is -4.69. The summed E-state index contributed by atoms with van der Waals surface area (Å²) >= 11 is 0. The molecule has 3 aromatic rings. The second kappa shape index (κ2) is 9.27. The summed E-state index contributed by atoms with van der Waals surface area (Å²) in [7, 11) is 0. The van der Waals surface area contributed by atoms with E-state index in [1.807, 2.05) is 6.07 Å². The molecule has 0 aromatic heterocycles. The summed E-state index contributed by atoms with van der Waals surface area (Å²) < 4.78 is 69.6. The van der Waals surface area contributed by atoms with Crippen molar-refractivity contribution in [2.45, 2.75) is 18.5 Å². The maximum Gasteiger partial charge on any atom is 0.416 e. The van der Waals surface area contributed by atoms with Crippen LogP contribution in [-0.4, -0.2) is 23.5 Å². The van der Waals surface area contributed by atoms with Crippen molar-refractivity contribution in [2.24, 2.45) is 5.10 Å². The first kappa shape index (κ1) is 24.6. The van der Waals surface area contributed by atoms with Crippen LogP contribution < -0.4 is 15.1 Å². The Morgan fingerprint density at radius 1 is 1.06 bits per heavy atom. The van der Waals surface area contributed by atoms with Crippen molar-refractivity contribution in [1.82, 2.24) is 5.43 Å². The fourth-order valence-corrected chi connectivity index (χ4v) is 3.72. The van der Waals surface area contributed by atoms with Gasteiger partial charge >= 0.3 is 18.8 Å². The molecule has 36 heavy (non-hydrogen) atoms. The standard InChI is InChI=1S/C24H15F5N4O3/c25-21(26)36-19-10-8-18(9-11-19)33-22(34)32-31-20(15-2-1-3-17(12-15)24(27,28)29)23(33,35)16-6-4-14(13-30)5-7-16/h1-12,21,35H,(H,32,34). The summed E-state index contributed by atoms with van der Waals surface area (Å²) in [5.41, 5.74) is -1.62. The molecular formula is C24H15F5N4O3. The molecule has 0 radical (unpaired) electrons. The van der Waals surface area contributed by atoms with Gasteiger partial charge in [0, 0.05) is 16.8 Å². The Morgan fingerprint density at radius 2 is 1.72 bits per heavy atom. The predicted molar refractivity (Wildman–Crippen MR) is 117 cm³/mol. The molecule has 0 spiro atoms. The Bertz CT molecular complexity index is 1350. The summed E-state index contributed by atoms with van der Waals surface area (Å²) in [6.07, 6.45) is -4.69. The van der Waals surface area contributed by atoms with Crippen LogP contribution in [0.1, 0.15) is 22.3 Å². The molecule has 0 aliphatic carbocycles. The molecule has 2 amide bonds. The number of hydrazone groups is 1. The molecule has 0 bridgehead atoms. The third-order valence-electron chi connectivity index (χ3n) is 5.32. The molecule has 1 unspecified atom stereocenters. The lowest BCUT2D eigenvalue weighted by Crippen LogP contribution is -2.61. The fraction of sp³-hybridized carbons (Fsp3) is 0.125. The largest absolute Gasteiger partial charge is 0.435 e. The van der Waals surface area contributed by atoms with Crippen LogP contribution in [0.15, 0.2) is 77.9 Å². The Labute approximate surface area is 200 Å². The Morgan fingerprint density at radius 3 is 2.31 bits per heavy atom. The number of nitrogens with zero attached hydrogens (tertiary/aromatic N) is 3. The molecule has 4 rings (SSSR count). The van der Waals surface area contributed by atoms with E-state index in [4.69, 9.17) is 5.26 Å². The normalized spacial score (nSPS) is 17.9. The fourth-order valence-electron chi connectivity index (χ4n) is 3.72. The van der Waals surface area contributed by atoms with Gasteiger partial charge in [0.2, 0.25) is 5.72 Å². The van der Waals surface area contributed by atoms with Gasteiger partial charge in [0.15, 0.2) is 0 Å². The lowest BCUT2D eigenvalue weighted by Gasteiger charge is -2.43. The van der Waals surface area contributed by atoms with E-state index >= 15 is 0 Å². The van der Waals surface area contributed by atoms with Gasteiger partial charge in [-0.1, -0.05) is 24.3 Å². The molecule has 1 atom stereocenters. The smallest absolute Gasteiger partial charge is 0.416 e. The number of carbonyl (C=O) groups excluding carboxylic acids is 1. The second-order valence-corrected chi connectivity index (χ2v) is 7.53. The van der Waals surface area contributed by atoms with Crippen LogP contribution >= 0.6 is 0 Å². The number of nitrogens with one attached hydrogen (secondary N) is 1. The quantitative estimate of drug-likeness (QED) is 0.482. The minimum Gasteiger partial charge on any atom is -0.435 e.